The Morgan fingerprint density at radius 1 is 0.833 bits per heavy atom. The van der Waals surface area contributed by atoms with Crippen LogP contribution in [0.25, 0.3) is 0 Å². The predicted molar refractivity (Wildman–Crippen MR) is 95.5 cm³/mol. The second kappa shape index (κ2) is 10.0. The molecule has 1 rings (SSSR count). The van der Waals surface area contributed by atoms with E-state index in [0.717, 1.165) is 32.1 Å². The first-order valence-corrected chi connectivity index (χ1v) is 9.71. The molecule has 0 spiro atoms. The SMILES string of the molecule is CCC(OC(=O)C1CCCC(C(=O)OC(CC)C(C)C)C1)C(C)C. The van der Waals surface area contributed by atoms with Crippen LogP contribution in [0, 0.1) is 23.7 Å². The lowest BCUT2D eigenvalue weighted by Crippen LogP contribution is -2.34. The van der Waals surface area contributed by atoms with Crippen molar-refractivity contribution in [1.82, 2.24) is 0 Å². The molecule has 0 aromatic rings. The summed E-state index contributed by atoms with van der Waals surface area (Å²) in [7, 11) is 0. The Bertz CT molecular complexity index is 366. The zero-order chi connectivity index (χ0) is 18.3. The van der Waals surface area contributed by atoms with E-state index in [-0.39, 0.29) is 36.0 Å². The standard InChI is InChI=1S/C20H36O4/c1-7-17(13(3)4)23-19(21)15-10-9-11-16(12-15)20(22)24-18(8-2)14(5)6/h13-18H,7-12H2,1-6H3. The topological polar surface area (TPSA) is 52.6 Å². The molecule has 0 aromatic heterocycles. The van der Waals surface area contributed by atoms with Crippen LogP contribution >= 0.6 is 0 Å². The normalized spacial score (nSPS) is 23.8. The van der Waals surface area contributed by atoms with Crippen molar-refractivity contribution in [3.8, 4) is 0 Å². The van der Waals surface area contributed by atoms with Crippen molar-refractivity contribution >= 4 is 11.9 Å². The Balaban J connectivity index is 2.59. The molecule has 1 aliphatic carbocycles. The van der Waals surface area contributed by atoms with Crippen LogP contribution in [-0.4, -0.2) is 24.1 Å². The van der Waals surface area contributed by atoms with Gasteiger partial charge in [0, 0.05) is 0 Å². The van der Waals surface area contributed by atoms with Crippen molar-refractivity contribution in [1.29, 1.82) is 0 Å². The van der Waals surface area contributed by atoms with Crippen molar-refractivity contribution in [3.63, 3.8) is 0 Å². The summed E-state index contributed by atoms with van der Waals surface area (Å²) >= 11 is 0. The van der Waals surface area contributed by atoms with E-state index in [9.17, 15) is 9.59 Å². The fourth-order valence-electron chi connectivity index (χ4n) is 3.49. The number of hydrogen-bond acceptors (Lipinski definition) is 4. The van der Waals surface area contributed by atoms with Crippen molar-refractivity contribution in [3.05, 3.63) is 0 Å². The molecule has 0 aromatic carbocycles. The van der Waals surface area contributed by atoms with Gasteiger partial charge in [0.2, 0.25) is 0 Å². The molecule has 0 heterocycles. The third kappa shape index (κ3) is 6.10. The fourth-order valence-corrected chi connectivity index (χ4v) is 3.49. The second-order valence-corrected chi connectivity index (χ2v) is 7.82. The van der Waals surface area contributed by atoms with Gasteiger partial charge in [-0.1, -0.05) is 48.0 Å². The fraction of sp³-hybridized carbons (Fsp3) is 0.900. The quantitative estimate of drug-likeness (QED) is 0.598. The van der Waals surface area contributed by atoms with Crippen LogP contribution < -0.4 is 0 Å². The molecule has 24 heavy (non-hydrogen) atoms. The molecule has 4 nitrogen and oxygen atoms in total. The van der Waals surface area contributed by atoms with Crippen LogP contribution in [0.2, 0.25) is 0 Å². The molecule has 0 N–H and O–H groups in total. The average Bonchev–Trinajstić information content (AvgIpc) is 2.56. The lowest BCUT2D eigenvalue weighted by molar-refractivity contribution is -0.163. The monoisotopic (exact) mass is 340 g/mol. The second-order valence-electron chi connectivity index (χ2n) is 7.82. The maximum absolute atomic E-state index is 12.5. The molecule has 0 radical (unpaired) electrons. The molecule has 140 valence electrons. The molecule has 0 saturated heterocycles. The van der Waals surface area contributed by atoms with Gasteiger partial charge in [0.25, 0.3) is 0 Å². The molecule has 0 bridgehead atoms. The molecule has 4 atom stereocenters. The number of ether oxygens (including phenoxy) is 2. The Kier molecular flexibility index (Phi) is 8.79. The van der Waals surface area contributed by atoms with Gasteiger partial charge in [-0.2, -0.15) is 0 Å². The van der Waals surface area contributed by atoms with Crippen molar-refractivity contribution in [2.24, 2.45) is 23.7 Å². The number of carbonyl (C=O) groups is 2. The Labute approximate surface area is 147 Å². The maximum atomic E-state index is 12.5. The highest BCUT2D eigenvalue weighted by Gasteiger charge is 2.35. The minimum Gasteiger partial charge on any atom is -0.462 e. The van der Waals surface area contributed by atoms with E-state index >= 15 is 0 Å². The van der Waals surface area contributed by atoms with Crippen LogP contribution in [0.5, 0.6) is 0 Å². The molecular formula is C20H36O4. The molecule has 1 aliphatic rings. The smallest absolute Gasteiger partial charge is 0.309 e. The highest BCUT2D eigenvalue weighted by molar-refractivity contribution is 5.76. The maximum Gasteiger partial charge on any atom is 0.309 e. The van der Waals surface area contributed by atoms with Crippen LogP contribution in [0.1, 0.15) is 80.1 Å². The Hall–Kier alpha value is -1.06. The zero-order valence-electron chi connectivity index (χ0n) is 16.3. The van der Waals surface area contributed by atoms with Gasteiger partial charge >= 0.3 is 11.9 Å². The number of hydrogen-bond donors (Lipinski definition) is 0. The predicted octanol–water partition coefficient (Wildman–Crippen LogP) is 4.75. The molecule has 0 amide bonds. The van der Waals surface area contributed by atoms with E-state index in [1.54, 1.807) is 0 Å². The molecule has 4 unspecified atom stereocenters. The van der Waals surface area contributed by atoms with Crippen LogP contribution in [-0.2, 0) is 19.1 Å². The first kappa shape index (κ1) is 21.0. The van der Waals surface area contributed by atoms with E-state index in [1.165, 1.54) is 0 Å². The van der Waals surface area contributed by atoms with Gasteiger partial charge in [-0.05, 0) is 43.9 Å². The summed E-state index contributed by atoms with van der Waals surface area (Å²) < 4.78 is 11.4. The van der Waals surface area contributed by atoms with Gasteiger partial charge in [-0.25, -0.2) is 0 Å². The summed E-state index contributed by atoms with van der Waals surface area (Å²) in [5.74, 6) is 0.0404. The largest absolute Gasteiger partial charge is 0.462 e. The summed E-state index contributed by atoms with van der Waals surface area (Å²) in [6.45, 7) is 12.3. The first-order valence-electron chi connectivity index (χ1n) is 9.71. The van der Waals surface area contributed by atoms with E-state index in [2.05, 4.69) is 27.7 Å². The van der Waals surface area contributed by atoms with Gasteiger partial charge in [-0.3, -0.25) is 9.59 Å². The van der Waals surface area contributed by atoms with E-state index in [0.29, 0.717) is 18.3 Å². The first-order chi connectivity index (χ1) is 11.3. The third-order valence-corrected chi connectivity index (χ3v) is 5.17. The number of carbonyl (C=O) groups excluding carboxylic acids is 2. The Morgan fingerprint density at radius 2 is 1.21 bits per heavy atom. The van der Waals surface area contributed by atoms with Crippen molar-refractivity contribution in [2.75, 3.05) is 0 Å². The third-order valence-electron chi connectivity index (χ3n) is 5.17. The van der Waals surface area contributed by atoms with Crippen LogP contribution in [0.3, 0.4) is 0 Å². The van der Waals surface area contributed by atoms with Crippen LogP contribution in [0.15, 0.2) is 0 Å². The van der Waals surface area contributed by atoms with E-state index in [4.69, 9.17) is 9.47 Å². The van der Waals surface area contributed by atoms with Gasteiger partial charge in [0.1, 0.15) is 12.2 Å². The van der Waals surface area contributed by atoms with Gasteiger partial charge in [0.05, 0.1) is 11.8 Å². The lowest BCUT2D eigenvalue weighted by atomic mass is 9.81. The molecule has 1 saturated carbocycles. The zero-order valence-corrected chi connectivity index (χ0v) is 16.3. The van der Waals surface area contributed by atoms with Crippen molar-refractivity contribution in [2.45, 2.75) is 92.3 Å². The van der Waals surface area contributed by atoms with Gasteiger partial charge < -0.3 is 9.47 Å². The minimum atomic E-state index is -0.164. The average molecular weight is 341 g/mol. The minimum absolute atomic E-state index is 0.0322. The van der Waals surface area contributed by atoms with Gasteiger partial charge in [0.15, 0.2) is 0 Å². The number of esters is 2. The molecular weight excluding hydrogens is 304 g/mol. The summed E-state index contributed by atoms with van der Waals surface area (Å²) in [6.07, 6.45) is 4.68. The van der Waals surface area contributed by atoms with Crippen molar-refractivity contribution < 1.29 is 19.1 Å². The molecule has 1 fully saturated rings. The van der Waals surface area contributed by atoms with Gasteiger partial charge in [-0.15, -0.1) is 0 Å². The summed E-state index contributed by atoms with van der Waals surface area (Å²) in [5.41, 5.74) is 0. The molecule has 4 heteroatoms. The van der Waals surface area contributed by atoms with E-state index in [1.807, 2.05) is 13.8 Å². The Morgan fingerprint density at radius 3 is 1.50 bits per heavy atom. The summed E-state index contributed by atoms with van der Waals surface area (Å²) in [5, 5.41) is 0. The summed E-state index contributed by atoms with van der Waals surface area (Å²) in [6, 6.07) is 0. The summed E-state index contributed by atoms with van der Waals surface area (Å²) in [4.78, 5) is 24.9. The van der Waals surface area contributed by atoms with Crippen LogP contribution in [0.4, 0.5) is 0 Å². The molecule has 0 aliphatic heterocycles. The number of rotatable bonds is 8. The highest BCUT2D eigenvalue weighted by Crippen LogP contribution is 2.32. The van der Waals surface area contributed by atoms with E-state index < -0.39 is 0 Å². The highest BCUT2D eigenvalue weighted by atomic mass is 16.5. The lowest BCUT2D eigenvalue weighted by Gasteiger charge is -2.30.